The summed E-state index contributed by atoms with van der Waals surface area (Å²) in [6.07, 6.45) is 2.13. The van der Waals surface area contributed by atoms with Crippen molar-refractivity contribution in [2.75, 3.05) is 47.4 Å². The molecule has 1 aromatic carbocycles. The number of hydrogen-bond donors (Lipinski definition) is 2. The van der Waals surface area contributed by atoms with Crippen molar-refractivity contribution in [3.63, 3.8) is 0 Å². The van der Waals surface area contributed by atoms with Crippen molar-refractivity contribution in [2.45, 2.75) is 25.0 Å². The van der Waals surface area contributed by atoms with Gasteiger partial charge >= 0.3 is 0 Å². The van der Waals surface area contributed by atoms with Crippen molar-refractivity contribution >= 4 is 18.3 Å². The van der Waals surface area contributed by atoms with Crippen molar-refractivity contribution < 1.29 is 14.3 Å². The van der Waals surface area contributed by atoms with Crippen LogP contribution in [0, 0.1) is 0 Å². The van der Waals surface area contributed by atoms with Gasteiger partial charge in [-0.2, -0.15) is 0 Å². The molecule has 1 aromatic rings. The van der Waals surface area contributed by atoms with Crippen LogP contribution >= 0.6 is 12.4 Å². The number of methoxy groups -OCH3 is 1. The van der Waals surface area contributed by atoms with Crippen LogP contribution in [0.3, 0.4) is 0 Å². The summed E-state index contributed by atoms with van der Waals surface area (Å²) in [5, 5.41) is 6.26. The van der Waals surface area contributed by atoms with E-state index in [4.69, 9.17) is 9.47 Å². The molecule has 2 rings (SSSR count). The molecule has 1 aliphatic heterocycles. The third-order valence-corrected chi connectivity index (χ3v) is 4.33. The molecule has 1 atom stereocenters. The minimum Gasteiger partial charge on any atom is -0.497 e. The van der Waals surface area contributed by atoms with E-state index < -0.39 is 0 Å². The predicted octanol–water partition coefficient (Wildman–Crippen LogP) is 1.60. The minimum atomic E-state index is -0.0664. The van der Waals surface area contributed by atoms with Crippen molar-refractivity contribution in [1.82, 2.24) is 15.5 Å². The lowest BCUT2D eigenvalue weighted by Gasteiger charge is -2.26. The molecule has 0 spiro atoms. The topological polar surface area (TPSA) is 62.8 Å². The molecule has 1 heterocycles. The fourth-order valence-corrected chi connectivity index (χ4v) is 2.86. The van der Waals surface area contributed by atoms with Gasteiger partial charge < -0.3 is 25.0 Å². The van der Waals surface area contributed by atoms with E-state index in [1.807, 2.05) is 38.4 Å². The molecule has 7 heteroatoms. The Morgan fingerprint density at radius 3 is 2.72 bits per heavy atom. The van der Waals surface area contributed by atoms with Crippen LogP contribution in [0.5, 0.6) is 5.75 Å². The average Bonchev–Trinajstić information content (AvgIpc) is 2.61. The lowest BCUT2D eigenvalue weighted by atomic mass is 10.1. The van der Waals surface area contributed by atoms with Gasteiger partial charge in [0.15, 0.2) is 0 Å². The van der Waals surface area contributed by atoms with E-state index in [0.29, 0.717) is 6.54 Å². The maximum absolute atomic E-state index is 12.1. The Kier molecular flexibility index (Phi) is 9.82. The van der Waals surface area contributed by atoms with Crippen molar-refractivity contribution in [2.24, 2.45) is 0 Å². The van der Waals surface area contributed by atoms with E-state index >= 15 is 0 Å². The number of nitrogens with one attached hydrogen (secondary N) is 2. The van der Waals surface area contributed by atoms with Gasteiger partial charge in [0.2, 0.25) is 5.91 Å². The van der Waals surface area contributed by atoms with Gasteiger partial charge in [0.25, 0.3) is 0 Å². The highest BCUT2D eigenvalue weighted by molar-refractivity contribution is 5.85. The Bertz CT molecular complexity index is 522. The van der Waals surface area contributed by atoms with E-state index in [2.05, 4.69) is 15.5 Å². The van der Waals surface area contributed by atoms with E-state index in [0.717, 1.165) is 37.2 Å². The number of rotatable bonds is 8. The second-order valence-corrected chi connectivity index (χ2v) is 6.32. The van der Waals surface area contributed by atoms with Gasteiger partial charge in [0.05, 0.1) is 19.3 Å². The van der Waals surface area contributed by atoms with Gasteiger partial charge in [-0.05, 0) is 57.7 Å². The summed E-state index contributed by atoms with van der Waals surface area (Å²) in [6, 6.07) is 8.02. The van der Waals surface area contributed by atoms with Gasteiger partial charge in [-0.1, -0.05) is 12.1 Å². The minimum absolute atomic E-state index is 0. The molecule has 0 bridgehead atoms. The molecule has 0 aliphatic carbocycles. The number of nitrogens with zero attached hydrogens (tertiary/aromatic N) is 1. The standard InChI is InChI=1S/C18H29N3O3.ClH/c1-21(2)17(14-5-4-6-16(11-14)23-3)12-20-18(22)13-24-15-7-9-19-10-8-15;/h4-6,11,15,17,19H,7-10,12-13H2,1-3H3,(H,20,22);1H. The molecule has 25 heavy (non-hydrogen) atoms. The molecule has 1 amide bonds. The summed E-state index contributed by atoms with van der Waals surface area (Å²) >= 11 is 0. The summed E-state index contributed by atoms with van der Waals surface area (Å²) < 4.78 is 11.0. The Balaban J connectivity index is 0.00000312. The van der Waals surface area contributed by atoms with E-state index in [-0.39, 0.29) is 37.1 Å². The van der Waals surface area contributed by atoms with Crippen LogP contribution in [-0.2, 0) is 9.53 Å². The van der Waals surface area contributed by atoms with Crippen LogP contribution in [0.2, 0.25) is 0 Å². The molecular weight excluding hydrogens is 342 g/mol. The Labute approximate surface area is 156 Å². The average molecular weight is 372 g/mol. The van der Waals surface area contributed by atoms with Crippen molar-refractivity contribution in [3.05, 3.63) is 29.8 Å². The number of piperidine rings is 1. The fourth-order valence-electron chi connectivity index (χ4n) is 2.86. The second kappa shape index (κ2) is 11.3. The number of benzene rings is 1. The zero-order valence-corrected chi connectivity index (χ0v) is 16.1. The number of amides is 1. The molecule has 1 unspecified atom stereocenters. The molecule has 2 N–H and O–H groups in total. The first kappa shape index (κ1) is 21.7. The second-order valence-electron chi connectivity index (χ2n) is 6.32. The van der Waals surface area contributed by atoms with Crippen LogP contribution in [0.15, 0.2) is 24.3 Å². The first-order valence-corrected chi connectivity index (χ1v) is 8.49. The summed E-state index contributed by atoms with van der Waals surface area (Å²) in [6.45, 7) is 2.59. The van der Waals surface area contributed by atoms with Crippen LogP contribution in [0.1, 0.15) is 24.4 Å². The molecule has 0 saturated carbocycles. The van der Waals surface area contributed by atoms with Crippen LogP contribution in [-0.4, -0.2) is 64.4 Å². The smallest absolute Gasteiger partial charge is 0.246 e. The van der Waals surface area contributed by atoms with Crippen LogP contribution in [0.25, 0.3) is 0 Å². The molecule has 0 aromatic heterocycles. The molecule has 1 saturated heterocycles. The Morgan fingerprint density at radius 2 is 2.08 bits per heavy atom. The third kappa shape index (κ3) is 7.20. The highest BCUT2D eigenvalue weighted by Crippen LogP contribution is 2.22. The predicted molar refractivity (Wildman–Crippen MR) is 102 cm³/mol. The highest BCUT2D eigenvalue weighted by atomic mass is 35.5. The van der Waals surface area contributed by atoms with Gasteiger partial charge in [-0.15, -0.1) is 12.4 Å². The third-order valence-electron chi connectivity index (χ3n) is 4.33. The van der Waals surface area contributed by atoms with Crippen molar-refractivity contribution in [3.8, 4) is 5.75 Å². The highest BCUT2D eigenvalue weighted by Gasteiger charge is 2.18. The maximum Gasteiger partial charge on any atom is 0.246 e. The van der Waals surface area contributed by atoms with Crippen LogP contribution < -0.4 is 15.4 Å². The van der Waals surface area contributed by atoms with Gasteiger partial charge in [-0.3, -0.25) is 4.79 Å². The maximum atomic E-state index is 12.1. The number of carbonyl (C=O) groups excluding carboxylic acids is 1. The quantitative estimate of drug-likeness (QED) is 0.726. The van der Waals surface area contributed by atoms with Crippen LogP contribution in [0.4, 0.5) is 0 Å². The Hall–Kier alpha value is -1.34. The van der Waals surface area contributed by atoms with Gasteiger partial charge in [-0.25, -0.2) is 0 Å². The number of likely N-dealkylation sites (N-methyl/N-ethyl adjacent to an activating group) is 1. The SMILES string of the molecule is COc1cccc(C(CNC(=O)COC2CCNCC2)N(C)C)c1.Cl. The molecular formula is C18H30ClN3O3. The molecule has 1 fully saturated rings. The number of carbonyl (C=O) groups is 1. The van der Waals surface area contributed by atoms with Gasteiger partial charge in [0, 0.05) is 6.54 Å². The van der Waals surface area contributed by atoms with Gasteiger partial charge in [0.1, 0.15) is 12.4 Å². The summed E-state index contributed by atoms with van der Waals surface area (Å²) in [7, 11) is 5.66. The zero-order chi connectivity index (χ0) is 17.4. The Morgan fingerprint density at radius 1 is 1.36 bits per heavy atom. The summed E-state index contributed by atoms with van der Waals surface area (Å²) in [5.74, 6) is 0.753. The zero-order valence-electron chi connectivity index (χ0n) is 15.3. The summed E-state index contributed by atoms with van der Waals surface area (Å²) in [4.78, 5) is 14.2. The monoisotopic (exact) mass is 371 g/mol. The molecule has 6 nitrogen and oxygen atoms in total. The molecule has 142 valence electrons. The van der Waals surface area contributed by atoms with Crippen molar-refractivity contribution in [1.29, 1.82) is 0 Å². The largest absolute Gasteiger partial charge is 0.497 e. The lowest BCUT2D eigenvalue weighted by molar-refractivity contribution is -0.128. The normalized spacial score (nSPS) is 16.2. The lowest BCUT2D eigenvalue weighted by Crippen LogP contribution is -2.38. The first-order chi connectivity index (χ1) is 11.6. The van der Waals surface area contributed by atoms with E-state index in [9.17, 15) is 4.79 Å². The van der Waals surface area contributed by atoms with E-state index in [1.165, 1.54) is 0 Å². The van der Waals surface area contributed by atoms with E-state index in [1.54, 1.807) is 7.11 Å². The number of ether oxygens (including phenoxy) is 2. The number of hydrogen-bond acceptors (Lipinski definition) is 5. The number of halogens is 1. The fraction of sp³-hybridized carbons (Fsp3) is 0.611. The molecule has 0 radical (unpaired) electrons. The first-order valence-electron chi connectivity index (χ1n) is 8.49. The summed E-state index contributed by atoms with van der Waals surface area (Å²) in [5.41, 5.74) is 1.11. The molecule has 1 aliphatic rings.